The first-order valence-corrected chi connectivity index (χ1v) is 16.7. The molecule has 1 amide bonds. The lowest BCUT2D eigenvalue weighted by molar-refractivity contribution is 0.0935. The molecule has 0 saturated heterocycles. The molecule has 12 heteroatoms. The minimum atomic E-state index is -0.287. The van der Waals surface area contributed by atoms with E-state index in [1.54, 1.807) is 31.4 Å². The molecule has 1 aromatic heterocycles. The van der Waals surface area contributed by atoms with E-state index in [0.29, 0.717) is 53.8 Å². The molecule has 1 aliphatic rings. The molecule has 2 atom stereocenters. The van der Waals surface area contributed by atoms with Crippen LogP contribution in [0.3, 0.4) is 0 Å². The van der Waals surface area contributed by atoms with Gasteiger partial charge >= 0.3 is 0 Å². The van der Waals surface area contributed by atoms with Gasteiger partial charge in [-0.15, -0.1) is 37.2 Å². The second-order valence-corrected chi connectivity index (χ2v) is 12.9. The number of methoxy groups -OCH3 is 1. The zero-order valence-electron chi connectivity index (χ0n) is 28.5. The van der Waals surface area contributed by atoms with Crippen molar-refractivity contribution in [2.24, 2.45) is 5.73 Å². The fourth-order valence-electron chi connectivity index (χ4n) is 6.00. The Labute approximate surface area is 319 Å². The number of halogens is 4. The summed E-state index contributed by atoms with van der Waals surface area (Å²) in [4.78, 5) is 13.8. The Kier molecular flexibility index (Phi) is 17.6. The number of furan rings is 1. The van der Waals surface area contributed by atoms with Crippen LogP contribution < -0.4 is 26.4 Å². The Bertz CT molecular complexity index is 1680. The van der Waals surface area contributed by atoms with Crippen molar-refractivity contribution in [2.45, 2.75) is 76.7 Å². The van der Waals surface area contributed by atoms with Crippen LogP contribution in [0.15, 0.2) is 77.2 Å². The first-order valence-electron chi connectivity index (χ1n) is 16.3. The van der Waals surface area contributed by atoms with Gasteiger partial charge in [-0.25, -0.2) is 0 Å². The second-order valence-electron chi connectivity index (χ2n) is 12.5. The summed E-state index contributed by atoms with van der Waals surface area (Å²) in [5.41, 5.74) is 11.1. The number of nitrogens with one attached hydrogen (secondary N) is 3. The van der Waals surface area contributed by atoms with Crippen molar-refractivity contribution in [3.63, 3.8) is 0 Å². The van der Waals surface area contributed by atoms with E-state index in [0.717, 1.165) is 37.0 Å². The van der Waals surface area contributed by atoms with E-state index < -0.39 is 0 Å². The molecular formula is C38H47Cl4N5O3. The van der Waals surface area contributed by atoms with Gasteiger partial charge in [0.2, 0.25) is 0 Å². The second kappa shape index (κ2) is 20.6. The third kappa shape index (κ3) is 11.6. The van der Waals surface area contributed by atoms with Gasteiger partial charge in [-0.1, -0.05) is 53.6 Å². The average Bonchev–Trinajstić information content (AvgIpc) is 3.56. The van der Waals surface area contributed by atoms with Crippen molar-refractivity contribution < 1.29 is 13.9 Å². The third-order valence-electron chi connectivity index (χ3n) is 8.95. The van der Waals surface area contributed by atoms with Crippen LogP contribution in [0.1, 0.15) is 77.0 Å². The maximum Gasteiger partial charge on any atom is 0.253 e. The maximum atomic E-state index is 13.8. The number of ether oxygens (including phenoxy) is 1. The molecule has 8 nitrogen and oxygen atoms in total. The zero-order chi connectivity index (χ0) is 33.3. The number of amides is 1. The highest BCUT2D eigenvalue weighted by Gasteiger charge is 2.23. The summed E-state index contributed by atoms with van der Waals surface area (Å²) in [5, 5.41) is 19.9. The highest BCUT2D eigenvalue weighted by atomic mass is 35.5. The number of nitrogens with zero attached hydrogens (tertiary/aromatic N) is 1. The Hall–Kier alpha value is -3.26. The molecule has 0 aliphatic heterocycles. The molecule has 4 aromatic rings. The van der Waals surface area contributed by atoms with Crippen LogP contribution in [-0.2, 0) is 13.0 Å². The largest absolute Gasteiger partial charge is 0.496 e. The number of hydrogen-bond acceptors (Lipinski definition) is 7. The van der Waals surface area contributed by atoms with Gasteiger partial charge in [-0.3, -0.25) is 4.79 Å². The van der Waals surface area contributed by atoms with E-state index in [4.69, 9.17) is 26.5 Å². The third-order valence-corrected chi connectivity index (χ3v) is 9.26. The van der Waals surface area contributed by atoms with Gasteiger partial charge in [0, 0.05) is 36.8 Å². The number of rotatable bonds is 13. The Morgan fingerprint density at radius 1 is 1.02 bits per heavy atom. The zero-order valence-corrected chi connectivity index (χ0v) is 31.7. The van der Waals surface area contributed by atoms with Crippen LogP contribution in [0.2, 0.25) is 5.02 Å². The number of benzene rings is 3. The first-order chi connectivity index (χ1) is 22.7. The van der Waals surface area contributed by atoms with Gasteiger partial charge < -0.3 is 30.8 Å². The number of hydrogen-bond donors (Lipinski definition) is 4. The summed E-state index contributed by atoms with van der Waals surface area (Å²) in [7, 11) is 1.57. The summed E-state index contributed by atoms with van der Waals surface area (Å²) in [6.45, 7) is 5.32. The lowest BCUT2D eigenvalue weighted by atomic mass is 9.91. The molecule has 1 fully saturated rings. The molecule has 0 radical (unpaired) electrons. The summed E-state index contributed by atoms with van der Waals surface area (Å²) in [5.74, 6) is 1.57. The molecular weight excluding hydrogens is 716 g/mol. The Morgan fingerprint density at radius 3 is 2.34 bits per heavy atom. The van der Waals surface area contributed by atoms with Gasteiger partial charge in [0.25, 0.3) is 5.91 Å². The van der Waals surface area contributed by atoms with Crippen molar-refractivity contribution in [1.82, 2.24) is 16.0 Å². The highest BCUT2D eigenvalue weighted by Crippen LogP contribution is 2.36. The van der Waals surface area contributed by atoms with Crippen LogP contribution in [0.4, 0.5) is 0 Å². The van der Waals surface area contributed by atoms with Crippen LogP contribution in [-0.4, -0.2) is 37.7 Å². The van der Waals surface area contributed by atoms with Crippen molar-refractivity contribution in [1.29, 1.82) is 5.26 Å². The topological polar surface area (TPSA) is 125 Å². The quantitative estimate of drug-likeness (QED) is 0.109. The van der Waals surface area contributed by atoms with E-state index in [1.807, 2.05) is 24.3 Å². The highest BCUT2D eigenvalue weighted by molar-refractivity contribution is 6.34. The summed E-state index contributed by atoms with van der Waals surface area (Å²) in [6, 6.07) is 25.8. The van der Waals surface area contributed by atoms with Crippen LogP contribution in [0, 0.1) is 18.3 Å². The average molecular weight is 764 g/mol. The van der Waals surface area contributed by atoms with Gasteiger partial charge in [0.05, 0.1) is 41.4 Å². The fourth-order valence-corrected chi connectivity index (χ4v) is 6.24. The summed E-state index contributed by atoms with van der Waals surface area (Å²) in [6.07, 6.45) is 4.60. The van der Waals surface area contributed by atoms with E-state index in [9.17, 15) is 10.1 Å². The maximum absolute atomic E-state index is 13.8. The van der Waals surface area contributed by atoms with E-state index >= 15 is 0 Å². The molecule has 50 heavy (non-hydrogen) atoms. The molecule has 3 aromatic carbocycles. The number of aryl methyl sites for hydroxylation is 1. The van der Waals surface area contributed by atoms with Crippen LogP contribution in [0.5, 0.6) is 5.75 Å². The van der Waals surface area contributed by atoms with Gasteiger partial charge in [0.1, 0.15) is 17.3 Å². The molecule has 0 unspecified atom stereocenters. The number of carbonyl (C=O) groups is 1. The SMILES string of the molecule is COc1cc(Cl)c(C(=O)N[C@@H](CNC2CCC(N)CC2)Cc2ccc(C#N)cc2)cc1-c1ccc(CN[C@H](C)c2ccc(C)cc2)o1.Cl.Cl.Cl. The van der Waals surface area contributed by atoms with Crippen molar-refractivity contribution in [3.05, 3.63) is 111 Å². The van der Waals surface area contributed by atoms with Crippen molar-refractivity contribution >= 4 is 54.7 Å². The van der Waals surface area contributed by atoms with Gasteiger partial charge in [0.15, 0.2) is 0 Å². The van der Waals surface area contributed by atoms with Crippen molar-refractivity contribution in [2.75, 3.05) is 13.7 Å². The van der Waals surface area contributed by atoms with Gasteiger partial charge in [-0.2, -0.15) is 5.26 Å². The normalized spacial score (nSPS) is 16.4. The van der Waals surface area contributed by atoms with Crippen LogP contribution >= 0.6 is 48.8 Å². The molecule has 1 aliphatic carbocycles. The number of nitriles is 1. The molecule has 1 saturated carbocycles. The molecule has 5 rings (SSSR count). The fraction of sp³-hybridized carbons (Fsp3) is 0.368. The van der Waals surface area contributed by atoms with E-state index in [-0.39, 0.29) is 66.3 Å². The molecule has 0 spiro atoms. The Balaban J connectivity index is 0.00000289. The van der Waals surface area contributed by atoms with Gasteiger partial charge in [-0.05, 0) is 87.4 Å². The Morgan fingerprint density at radius 2 is 1.70 bits per heavy atom. The predicted molar refractivity (Wildman–Crippen MR) is 208 cm³/mol. The molecule has 5 N–H and O–H groups in total. The smallest absolute Gasteiger partial charge is 0.253 e. The molecule has 1 heterocycles. The van der Waals surface area contributed by atoms with Crippen LogP contribution in [0.25, 0.3) is 11.3 Å². The lowest BCUT2D eigenvalue weighted by Crippen LogP contribution is -2.47. The lowest BCUT2D eigenvalue weighted by Gasteiger charge is -2.29. The minimum absolute atomic E-state index is 0. The molecule has 0 bridgehead atoms. The summed E-state index contributed by atoms with van der Waals surface area (Å²) < 4.78 is 11.9. The predicted octanol–water partition coefficient (Wildman–Crippen LogP) is 8.11. The monoisotopic (exact) mass is 761 g/mol. The van der Waals surface area contributed by atoms with Crippen molar-refractivity contribution in [3.8, 4) is 23.1 Å². The minimum Gasteiger partial charge on any atom is -0.496 e. The molecule has 270 valence electrons. The number of nitrogens with two attached hydrogens (primary N) is 1. The summed E-state index contributed by atoms with van der Waals surface area (Å²) >= 11 is 6.67. The standard InChI is InChI=1S/C38H44ClN5O3.3ClH/c1-24-4-10-28(11-5-24)25(2)42-23-32-16-17-36(47-32)34-19-33(35(39)20-37(34)46-3)38(45)44-31(18-26-6-8-27(21-40)9-7-26)22-43-30-14-12-29(41)13-15-30;;;/h4-11,16-17,19-20,25,29-31,42-43H,12-15,18,22-23,41H2,1-3H3,(H,44,45);3*1H/t25-,29?,30?,31-;;;/m1.../s1. The van der Waals surface area contributed by atoms with E-state index in [1.165, 1.54) is 11.1 Å². The van der Waals surface area contributed by atoms with E-state index in [2.05, 4.69) is 60.1 Å². The number of carbonyl (C=O) groups excluding carboxylic acids is 1. The first kappa shape index (κ1) is 42.9.